The molecule has 0 unspecified atom stereocenters. The predicted octanol–water partition coefficient (Wildman–Crippen LogP) is 1.25. The molecule has 3 aromatic rings. The van der Waals surface area contributed by atoms with E-state index in [1.165, 1.54) is 12.1 Å². The Kier molecular flexibility index (Phi) is 6.46. The van der Waals surface area contributed by atoms with Gasteiger partial charge < -0.3 is 10.1 Å². The molecule has 9 heteroatoms. The van der Waals surface area contributed by atoms with Crippen LogP contribution in [0.1, 0.15) is 5.56 Å². The Balaban J connectivity index is 1.49. The maximum absolute atomic E-state index is 12.3. The molecule has 2 N–H and O–H groups in total. The first-order valence-corrected chi connectivity index (χ1v) is 9.20. The fraction of sp³-hybridized carbons (Fsp3) is 0.200. The number of nitrogens with zero attached hydrogens (tertiary/aromatic N) is 1. The average molecular weight is 416 g/mol. The zero-order chi connectivity index (χ0) is 20.8. The van der Waals surface area contributed by atoms with Gasteiger partial charge in [-0.05, 0) is 36.2 Å². The fourth-order valence-electron chi connectivity index (χ4n) is 2.73. The number of hydrogen-bond acceptors (Lipinski definition) is 5. The first-order valence-electron chi connectivity index (χ1n) is 8.82. The molecule has 8 nitrogen and oxygen atoms in total. The SMILES string of the molecule is O=C(COC(=O)Cn1[nH]c(=O)c2ccccc2c1=O)NCCc1ccc(Cl)cc1. The Morgan fingerprint density at radius 3 is 2.45 bits per heavy atom. The molecular weight excluding hydrogens is 398 g/mol. The van der Waals surface area contributed by atoms with Crippen LogP contribution in [-0.4, -0.2) is 34.8 Å². The van der Waals surface area contributed by atoms with E-state index in [0.29, 0.717) is 18.0 Å². The standard InChI is InChI=1S/C20H18ClN3O5/c21-14-7-5-13(6-8-14)9-10-22-17(25)12-29-18(26)11-24-20(28)16-4-2-1-3-15(16)19(27)23-24/h1-8H,9-12H2,(H,22,25)(H,23,27). The first kappa shape index (κ1) is 20.3. The van der Waals surface area contributed by atoms with E-state index in [1.54, 1.807) is 24.3 Å². The van der Waals surface area contributed by atoms with Crippen molar-refractivity contribution in [2.24, 2.45) is 0 Å². The van der Waals surface area contributed by atoms with Crippen LogP contribution in [0.15, 0.2) is 58.1 Å². The van der Waals surface area contributed by atoms with E-state index in [2.05, 4.69) is 10.4 Å². The minimum atomic E-state index is -0.814. The van der Waals surface area contributed by atoms with Gasteiger partial charge in [-0.25, -0.2) is 4.68 Å². The second-order valence-corrected chi connectivity index (χ2v) is 6.70. The third kappa shape index (κ3) is 5.32. The fourth-order valence-corrected chi connectivity index (χ4v) is 2.85. The summed E-state index contributed by atoms with van der Waals surface area (Å²) < 4.78 is 5.75. The quantitative estimate of drug-likeness (QED) is 0.564. The maximum atomic E-state index is 12.3. The van der Waals surface area contributed by atoms with Gasteiger partial charge in [-0.15, -0.1) is 0 Å². The number of ether oxygens (including phenoxy) is 1. The second-order valence-electron chi connectivity index (χ2n) is 6.26. The van der Waals surface area contributed by atoms with Crippen molar-refractivity contribution < 1.29 is 14.3 Å². The van der Waals surface area contributed by atoms with Gasteiger partial charge in [0.15, 0.2) is 6.61 Å². The highest BCUT2D eigenvalue weighted by atomic mass is 35.5. The number of esters is 1. The largest absolute Gasteiger partial charge is 0.454 e. The number of halogens is 1. The summed E-state index contributed by atoms with van der Waals surface area (Å²) in [4.78, 5) is 48.1. The van der Waals surface area contributed by atoms with Gasteiger partial charge in [-0.2, -0.15) is 0 Å². The van der Waals surface area contributed by atoms with E-state index in [4.69, 9.17) is 16.3 Å². The normalized spacial score (nSPS) is 10.7. The predicted molar refractivity (Wildman–Crippen MR) is 108 cm³/mol. The molecule has 1 heterocycles. The molecule has 2 aromatic carbocycles. The van der Waals surface area contributed by atoms with Crippen LogP contribution in [-0.2, 0) is 27.3 Å². The van der Waals surface area contributed by atoms with Gasteiger partial charge in [0, 0.05) is 11.6 Å². The summed E-state index contributed by atoms with van der Waals surface area (Å²) in [5.41, 5.74) is -0.0103. The molecule has 0 saturated heterocycles. The van der Waals surface area contributed by atoms with Gasteiger partial charge in [-0.1, -0.05) is 35.9 Å². The number of carbonyl (C=O) groups excluding carboxylic acids is 2. The van der Waals surface area contributed by atoms with Crippen LogP contribution in [0.3, 0.4) is 0 Å². The number of nitrogens with one attached hydrogen (secondary N) is 2. The van der Waals surface area contributed by atoms with Crippen LogP contribution in [0, 0.1) is 0 Å². The van der Waals surface area contributed by atoms with Crippen molar-refractivity contribution in [3.8, 4) is 0 Å². The van der Waals surface area contributed by atoms with Crippen LogP contribution < -0.4 is 16.4 Å². The van der Waals surface area contributed by atoms with Crippen molar-refractivity contribution in [1.29, 1.82) is 0 Å². The molecule has 0 fully saturated rings. The topological polar surface area (TPSA) is 110 Å². The first-order chi connectivity index (χ1) is 13.9. The van der Waals surface area contributed by atoms with Gasteiger partial charge in [0.1, 0.15) is 6.54 Å². The number of carbonyl (C=O) groups is 2. The second kappa shape index (κ2) is 9.20. The molecular formula is C20H18ClN3O5. The summed E-state index contributed by atoms with van der Waals surface area (Å²) in [7, 11) is 0. The van der Waals surface area contributed by atoms with Crippen LogP contribution in [0.4, 0.5) is 0 Å². The molecule has 0 atom stereocenters. The molecule has 0 spiro atoms. The van der Waals surface area contributed by atoms with E-state index in [0.717, 1.165) is 10.2 Å². The lowest BCUT2D eigenvalue weighted by Gasteiger charge is -2.08. The Hall–Kier alpha value is -3.39. The highest BCUT2D eigenvalue weighted by Gasteiger charge is 2.12. The maximum Gasteiger partial charge on any atom is 0.328 e. The lowest BCUT2D eigenvalue weighted by atomic mass is 10.1. The Morgan fingerprint density at radius 2 is 1.72 bits per heavy atom. The summed E-state index contributed by atoms with van der Waals surface area (Å²) >= 11 is 5.81. The highest BCUT2D eigenvalue weighted by molar-refractivity contribution is 6.30. The Bertz CT molecular complexity index is 1150. The highest BCUT2D eigenvalue weighted by Crippen LogP contribution is 2.09. The van der Waals surface area contributed by atoms with Crippen molar-refractivity contribution >= 4 is 34.2 Å². The van der Waals surface area contributed by atoms with Gasteiger partial charge in [-0.3, -0.25) is 24.3 Å². The lowest BCUT2D eigenvalue weighted by molar-refractivity contribution is -0.149. The van der Waals surface area contributed by atoms with Crippen molar-refractivity contribution in [1.82, 2.24) is 15.1 Å². The lowest BCUT2D eigenvalue weighted by Crippen LogP contribution is -2.35. The number of hydrogen-bond donors (Lipinski definition) is 2. The third-order valence-corrected chi connectivity index (χ3v) is 4.44. The van der Waals surface area contributed by atoms with E-state index < -0.39 is 36.1 Å². The van der Waals surface area contributed by atoms with Crippen LogP contribution in [0.25, 0.3) is 10.8 Å². The number of benzene rings is 2. The summed E-state index contributed by atoms with van der Waals surface area (Å²) in [5.74, 6) is -1.28. The molecule has 3 rings (SSSR count). The van der Waals surface area contributed by atoms with Gasteiger partial charge in [0.05, 0.1) is 10.8 Å². The van der Waals surface area contributed by atoms with E-state index in [1.807, 2.05) is 12.1 Å². The summed E-state index contributed by atoms with van der Waals surface area (Å²) in [6.45, 7) is -0.613. The molecule has 0 aliphatic heterocycles. The van der Waals surface area contributed by atoms with Crippen LogP contribution in [0.2, 0.25) is 5.02 Å². The van der Waals surface area contributed by atoms with Crippen molar-refractivity contribution in [3.63, 3.8) is 0 Å². The van der Waals surface area contributed by atoms with Gasteiger partial charge in [0.2, 0.25) is 0 Å². The average Bonchev–Trinajstić information content (AvgIpc) is 2.72. The Labute approximate surface area is 170 Å². The van der Waals surface area contributed by atoms with Gasteiger partial charge >= 0.3 is 5.97 Å². The number of rotatable bonds is 7. The van der Waals surface area contributed by atoms with Crippen molar-refractivity contribution in [2.45, 2.75) is 13.0 Å². The smallest absolute Gasteiger partial charge is 0.328 e. The van der Waals surface area contributed by atoms with Crippen molar-refractivity contribution in [2.75, 3.05) is 13.2 Å². The van der Waals surface area contributed by atoms with Crippen LogP contribution >= 0.6 is 11.6 Å². The molecule has 0 saturated carbocycles. The number of aromatic amines is 1. The number of aromatic nitrogens is 2. The van der Waals surface area contributed by atoms with E-state index in [9.17, 15) is 19.2 Å². The number of fused-ring (bicyclic) bond motifs is 1. The monoisotopic (exact) mass is 415 g/mol. The zero-order valence-electron chi connectivity index (χ0n) is 15.3. The molecule has 0 aliphatic carbocycles. The molecule has 0 radical (unpaired) electrons. The van der Waals surface area contributed by atoms with Crippen LogP contribution in [0.5, 0.6) is 0 Å². The summed E-state index contributed by atoms with van der Waals surface area (Å²) in [6.07, 6.45) is 0.602. The summed E-state index contributed by atoms with van der Waals surface area (Å²) in [5, 5.41) is 6.04. The van der Waals surface area contributed by atoms with E-state index >= 15 is 0 Å². The molecule has 0 bridgehead atoms. The summed E-state index contributed by atoms with van der Waals surface area (Å²) in [6, 6.07) is 13.5. The third-order valence-electron chi connectivity index (χ3n) is 4.18. The molecule has 0 aliphatic rings. The molecule has 1 amide bonds. The minimum Gasteiger partial charge on any atom is -0.454 e. The number of amides is 1. The molecule has 1 aromatic heterocycles. The Morgan fingerprint density at radius 1 is 1.03 bits per heavy atom. The van der Waals surface area contributed by atoms with E-state index in [-0.39, 0.29) is 10.8 Å². The zero-order valence-corrected chi connectivity index (χ0v) is 16.1. The van der Waals surface area contributed by atoms with Gasteiger partial charge in [0.25, 0.3) is 17.0 Å². The minimum absolute atomic E-state index is 0.198. The molecule has 29 heavy (non-hydrogen) atoms. The van der Waals surface area contributed by atoms with Crippen molar-refractivity contribution in [3.05, 3.63) is 79.8 Å². The number of H-pyrrole nitrogens is 1. The molecule has 150 valence electrons.